The molecule has 3 heterocycles. The van der Waals surface area contributed by atoms with E-state index in [4.69, 9.17) is 11.6 Å². The predicted molar refractivity (Wildman–Crippen MR) is 99.4 cm³/mol. The summed E-state index contributed by atoms with van der Waals surface area (Å²) in [5.41, 5.74) is 3.06. The Morgan fingerprint density at radius 3 is 2.85 bits per heavy atom. The lowest BCUT2D eigenvalue weighted by Gasteiger charge is -2.24. The standard InChI is InChI=1S/C18H17ClN6O2/c1-24-6-7-25-16(18(24)27)12(10-21-25)9-20-17(26)15-8-14(22-23-15)11-2-4-13(19)5-3-11/h2-5,8,10H,6-7,9H2,1H3,(H,20,26)(H,22,23). The van der Waals surface area contributed by atoms with Crippen LogP contribution < -0.4 is 5.32 Å². The fourth-order valence-electron chi connectivity index (χ4n) is 2.98. The van der Waals surface area contributed by atoms with Gasteiger partial charge in [-0.05, 0) is 18.2 Å². The van der Waals surface area contributed by atoms with Crippen LogP contribution in [0.1, 0.15) is 26.5 Å². The summed E-state index contributed by atoms with van der Waals surface area (Å²) >= 11 is 5.89. The van der Waals surface area contributed by atoms with Gasteiger partial charge in [-0.25, -0.2) is 0 Å². The van der Waals surface area contributed by atoms with Crippen LogP contribution in [0.5, 0.6) is 0 Å². The summed E-state index contributed by atoms with van der Waals surface area (Å²) < 4.78 is 1.68. The number of hydrogen-bond donors (Lipinski definition) is 2. The van der Waals surface area contributed by atoms with Crippen LogP contribution in [-0.2, 0) is 13.1 Å². The molecular formula is C18H17ClN6O2. The zero-order valence-corrected chi connectivity index (χ0v) is 15.3. The summed E-state index contributed by atoms with van der Waals surface area (Å²) in [6.07, 6.45) is 1.62. The maximum atomic E-state index is 12.4. The fraction of sp³-hybridized carbons (Fsp3) is 0.222. The highest BCUT2D eigenvalue weighted by Crippen LogP contribution is 2.20. The topological polar surface area (TPSA) is 95.9 Å². The van der Waals surface area contributed by atoms with Crippen molar-refractivity contribution >= 4 is 23.4 Å². The molecule has 2 amide bonds. The Labute approximate surface area is 160 Å². The van der Waals surface area contributed by atoms with Gasteiger partial charge in [0.1, 0.15) is 11.4 Å². The first-order valence-corrected chi connectivity index (χ1v) is 8.80. The molecule has 1 aromatic carbocycles. The van der Waals surface area contributed by atoms with Crippen LogP contribution in [0.15, 0.2) is 36.5 Å². The van der Waals surface area contributed by atoms with Crippen molar-refractivity contribution in [3.05, 3.63) is 58.5 Å². The van der Waals surface area contributed by atoms with Crippen molar-refractivity contribution in [1.82, 2.24) is 30.2 Å². The average molecular weight is 385 g/mol. The van der Waals surface area contributed by atoms with Crippen LogP contribution >= 0.6 is 11.6 Å². The van der Waals surface area contributed by atoms with Gasteiger partial charge in [0.2, 0.25) is 0 Å². The van der Waals surface area contributed by atoms with E-state index in [1.54, 1.807) is 41.0 Å². The monoisotopic (exact) mass is 384 g/mol. The van der Waals surface area contributed by atoms with Crippen molar-refractivity contribution in [3.63, 3.8) is 0 Å². The number of H-pyrrole nitrogens is 1. The second-order valence-corrected chi connectivity index (χ2v) is 6.76. The lowest BCUT2D eigenvalue weighted by Crippen LogP contribution is -2.38. The lowest BCUT2D eigenvalue weighted by atomic mass is 10.1. The van der Waals surface area contributed by atoms with Crippen LogP contribution in [0.4, 0.5) is 0 Å². The average Bonchev–Trinajstić information content (AvgIpc) is 3.31. The molecule has 0 fully saturated rings. The first kappa shape index (κ1) is 17.3. The molecule has 0 unspecified atom stereocenters. The third kappa shape index (κ3) is 3.31. The number of nitrogens with zero attached hydrogens (tertiary/aromatic N) is 4. The SMILES string of the molecule is CN1CCn2ncc(CNC(=O)c3cc(-c4ccc(Cl)cc4)n[nH]3)c2C1=O. The number of nitrogens with one attached hydrogen (secondary N) is 2. The molecule has 3 aromatic rings. The molecule has 0 atom stereocenters. The predicted octanol–water partition coefficient (Wildman–Crippen LogP) is 1.94. The van der Waals surface area contributed by atoms with E-state index in [9.17, 15) is 9.59 Å². The molecule has 8 nitrogen and oxygen atoms in total. The van der Waals surface area contributed by atoms with E-state index >= 15 is 0 Å². The first-order valence-electron chi connectivity index (χ1n) is 8.42. The van der Waals surface area contributed by atoms with Gasteiger partial charge in [-0.3, -0.25) is 19.4 Å². The molecule has 0 radical (unpaired) electrons. The summed E-state index contributed by atoms with van der Waals surface area (Å²) in [7, 11) is 1.75. The molecule has 1 aliphatic rings. The Kier molecular flexibility index (Phi) is 4.41. The van der Waals surface area contributed by atoms with Crippen molar-refractivity contribution in [1.29, 1.82) is 0 Å². The minimum absolute atomic E-state index is 0.0884. The summed E-state index contributed by atoms with van der Waals surface area (Å²) in [5.74, 6) is -0.395. The van der Waals surface area contributed by atoms with Crippen molar-refractivity contribution < 1.29 is 9.59 Å². The molecule has 138 valence electrons. The number of carbonyl (C=O) groups is 2. The number of aromatic amines is 1. The Morgan fingerprint density at radius 2 is 2.07 bits per heavy atom. The van der Waals surface area contributed by atoms with Gasteiger partial charge < -0.3 is 10.2 Å². The molecule has 0 spiro atoms. The molecule has 0 saturated heterocycles. The Balaban J connectivity index is 1.46. The summed E-state index contributed by atoms with van der Waals surface area (Å²) in [6, 6.07) is 8.87. The smallest absolute Gasteiger partial charge is 0.272 e. The Morgan fingerprint density at radius 1 is 1.30 bits per heavy atom. The molecule has 9 heteroatoms. The second kappa shape index (κ2) is 6.88. The van der Waals surface area contributed by atoms with E-state index in [1.807, 2.05) is 12.1 Å². The van der Waals surface area contributed by atoms with E-state index in [2.05, 4.69) is 20.6 Å². The third-order valence-corrected chi connectivity index (χ3v) is 4.77. The number of aromatic nitrogens is 4. The molecule has 2 aromatic heterocycles. The highest BCUT2D eigenvalue weighted by Gasteiger charge is 2.26. The normalized spacial score (nSPS) is 13.6. The largest absolute Gasteiger partial charge is 0.346 e. The third-order valence-electron chi connectivity index (χ3n) is 4.51. The zero-order valence-electron chi connectivity index (χ0n) is 14.6. The van der Waals surface area contributed by atoms with Gasteiger partial charge in [-0.1, -0.05) is 23.7 Å². The number of rotatable bonds is 4. The molecule has 0 aliphatic carbocycles. The van der Waals surface area contributed by atoms with Crippen molar-refractivity contribution in [2.45, 2.75) is 13.1 Å². The highest BCUT2D eigenvalue weighted by molar-refractivity contribution is 6.30. The molecular weight excluding hydrogens is 368 g/mol. The molecule has 2 N–H and O–H groups in total. The maximum Gasteiger partial charge on any atom is 0.272 e. The number of halogens is 1. The van der Waals surface area contributed by atoms with E-state index in [-0.39, 0.29) is 18.4 Å². The van der Waals surface area contributed by atoms with Crippen LogP contribution in [0.25, 0.3) is 11.3 Å². The number of hydrogen-bond acceptors (Lipinski definition) is 4. The second-order valence-electron chi connectivity index (χ2n) is 6.32. The number of benzene rings is 1. The minimum atomic E-state index is -0.306. The summed E-state index contributed by atoms with van der Waals surface area (Å²) in [6.45, 7) is 1.49. The molecule has 0 saturated carbocycles. The maximum absolute atomic E-state index is 12.4. The van der Waals surface area contributed by atoms with Crippen LogP contribution in [-0.4, -0.2) is 50.3 Å². The highest BCUT2D eigenvalue weighted by atomic mass is 35.5. The van der Waals surface area contributed by atoms with Crippen molar-refractivity contribution in [2.75, 3.05) is 13.6 Å². The van der Waals surface area contributed by atoms with Gasteiger partial charge in [-0.2, -0.15) is 10.2 Å². The lowest BCUT2D eigenvalue weighted by molar-refractivity contribution is 0.0740. The van der Waals surface area contributed by atoms with E-state index < -0.39 is 0 Å². The van der Waals surface area contributed by atoms with Gasteiger partial charge in [0.25, 0.3) is 11.8 Å². The molecule has 27 heavy (non-hydrogen) atoms. The van der Waals surface area contributed by atoms with Gasteiger partial charge >= 0.3 is 0 Å². The van der Waals surface area contributed by atoms with E-state index in [1.165, 1.54) is 0 Å². The number of carbonyl (C=O) groups excluding carboxylic acids is 2. The molecule has 0 bridgehead atoms. The Hall–Kier alpha value is -3.13. The fourth-order valence-corrected chi connectivity index (χ4v) is 3.10. The van der Waals surface area contributed by atoms with Crippen molar-refractivity contribution in [3.8, 4) is 11.3 Å². The van der Waals surface area contributed by atoms with E-state index in [0.29, 0.717) is 40.8 Å². The number of fused-ring (bicyclic) bond motifs is 1. The number of amides is 2. The van der Waals surface area contributed by atoms with Crippen LogP contribution in [0.3, 0.4) is 0 Å². The van der Waals surface area contributed by atoms with Gasteiger partial charge in [0.15, 0.2) is 0 Å². The van der Waals surface area contributed by atoms with Crippen molar-refractivity contribution in [2.24, 2.45) is 0 Å². The van der Waals surface area contributed by atoms with Crippen LogP contribution in [0, 0.1) is 0 Å². The molecule has 4 rings (SSSR count). The zero-order chi connectivity index (χ0) is 19.0. The summed E-state index contributed by atoms with van der Waals surface area (Å²) in [4.78, 5) is 26.4. The first-order chi connectivity index (χ1) is 13.0. The minimum Gasteiger partial charge on any atom is -0.346 e. The van der Waals surface area contributed by atoms with Gasteiger partial charge in [-0.15, -0.1) is 0 Å². The molecule has 1 aliphatic heterocycles. The number of likely N-dealkylation sites (N-methyl/N-ethyl adjacent to an activating group) is 1. The quantitative estimate of drug-likeness (QED) is 0.718. The summed E-state index contributed by atoms with van der Waals surface area (Å²) in [5, 5.41) is 14.6. The van der Waals surface area contributed by atoms with Gasteiger partial charge in [0, 0.05) is 36.3 Å². The van der Waals surface area contributed by atoms with E-state index in [0.717, 1.165) is 5.56 Å². The van der Waals surface area contributed by atoms with Crippen LogP contribution in [0.2, 0.25) is 5.02 Å². The Bertz CT molecular complexity index is 1010. The van der Waals surface area contributed by atoms with Gasteiger partial charge in [0.05, 0.1) is 18.4 Å².